The zero-order valence-corrected chi connectivity index (χ0v) is 11.3. The van der Waals surface area contributed by atoms with Gasteiger partial charge in [0, 0.05) is 31.6 Å². The van der Waals surface area contributed by atoms with Crippen molar-refractivity contribution in [1.29, 1.82) is 0 Å². The lowest BCUT2D eigenvalue weighted by atomic mass is 10.5. The van der Waals surface area contributed by atoms with E-state index in [0.29, 0.717) is 25.9 Å². The maximum atomic E-state index is 11.2. The van der Waals surface area contributed by atoms with Crippen LogP contribution in [0.3, 0.4) is 0 Å². The number of carbonyl (C=O) groups excluding carboxylic acids is 3. The van der Waals surface area contributed by atoms with E-state index in [1.807, 2.05) is 0 Å². The summed E-state index contributed by atoms with van der Waals surface area (Å²) in [6.45, 7) is 1.31. The van der Waals surface area contributed by atoms with Crippen molar-refractivity contribution >= 4 is 40.3 Å². The van der Waals surface area contributed by atoms with Crippen LogP contribution in [0.15, 0.2) is 0 Å². The number of amides is 3. The van der Waals surface area contributed by atoms with E-state index < -0.39 is 0 Å². The van der Waals surface area contributed by atoms with Gasteiger partial charge < -0.3 is 15.5 Å². The van der Waals surface area contributed by atoms with Gasteiger partial charge in [0.05, 0.1) is 6.54 Å². The van der Waals surface area contributed by atoms with Crippen molar-refractivity contribution in [2.75, 3.05) is 38.2 Å². The van der Waals surface area contributed by atoms with Gasteiger partial charge in [-0.2, -0.15) is 0 Å². The molecule has 0 saturated carbocycles. The molecular weight excluding hydrogens is 262 g/mol. The number of nitrogens with zero attached hydrogens (tertiary/aromatic N) is 1. The minimum atomic E-state index is -0.159. The molecule has 17 heavy (non-hydrogen) atoms. The van der Waals surface area contributed by atoms with Gasteiger partial charge in [0.15, 0.2) is 0 Å². The minimum absolute atomic E-state index is 0.0879. The number of nitrogens with one attached hydrogen (secondary N) is 2. The molecule has 0 fully saturated rings. The first-order chi connectivity index (χ1) is 8.20. The third-order valence-corrected chi connectivity index (χ3v) is 3.99. The van der Waals surface area contributed by atoms with Crippen molar-refractivity contribution in [3.63, 3.8) is 0 Å². The smallest absolute Gasteiger partial charge is 0.239 e. The van der Waals surface area contributed by atoms with Gasteiger partial charge >= 0.3 is 0 Å². The van der Waals surface area contributed by atoms with Crippen molar-refractivity contribution < 1.29 is 14.4 Å². The molecule has 0 aromatic carbocycles. The van der Waals surface area contributed by atoms with E-state index in [0.717, 1.165) is 11.5 Å². The Labute approximate surface area is 109 Å². The van der Waals surface area contributed by atoms with Crippen LogP contribution < -0.4 is 10.6 Å². The van der Waals surface area contributed by atoms with Gasteiger partial charge in [0.1, 0.15) is 0 Å². The van der Waals surface area contributed by atoms with Crippen molar-refractivity contribution in [3.05, 3.63) is 0 Å². The summed E-state index contributed by atoms with van der Waals surface area (Å²) in [6, 6.07) is 0. The number of hydrogen-bond donors (Lipinski definition) is 2. The largest absolute Gasteiger partial charge is 0.358 e. The van der Waals surface area contributed by atoms with E-state index in [4.69, 9.17) is 0 Å². The zero-order valence-electron chi connectivity index (χ0n) is 9.68. The summed E-state index contributed by atoms with van der Waals surface area (Å²) in [6.07, 6.45) is 1.29. The fourth-order valence-corrected chi connectivity index (χ4v) is 2.66. The summed E-state index contributed by atoms with van der Waals surface area (Å²) < 4.78 is 0. The van der Waals surface area contributed by atoms with E-state index in [1.165, 1.54) is 4.90 Å². The molecule has 3 amide bonds. The molecule has 0 atom stereocenters. The molecule has 0 saturated heterocycles. The fourth-order valence-electron chi connectivity index (χ4n) is 0.829. The second kappa shape index (κ2) is 11.6. The van der Waals surface area contributed by atoms with Crippen LogP contribution in [-0.2, 0) is 14.4 Å². The summed E-state index contributed by atoms with van der Waals surface area (Å²) >= 11 is 0. The normalized spacial score (nSPS) is 9.47. The first-order valence-corrected chi connectivity index (χ1v) is 7.53. The van der Waals surface area contributed by atoms with Gasteiger partial charge in [-0.05, 0) is 0 Å². The lowest BCUT2D eigenvalue weighted by molar-refractivity contribution is -0.127. The highest BCUT2D eigenvalue weighted by Gasteiger charge is 2.02. The molecule has 6 nitrogen and oxygen atoms in total. The molecule has 0 aromatic rings. The van der Waals surface area contributed by atoms with Crippen molar-refractivity contribution in [1.82, 2.24) is 15.5 Å². The quantitative estimate of drug-likeness (QED) is 0.298. The number of likely N-dealkylation sites (N-methyl/N-ethyl adjacent to an activating group) is 1. The Hall–Kier alpha value is -0.890. The summed E-state index contributed by atoms with van der Waals surface area (Å²) in [7, 11) is 4.83. The van der Waals surface area contributed by atoms with E-state index >= 15 is 0 Å². The van der Waals surface area contributed by atoms with Gasteiger partial charge in [0.25, 0.3) is 0 Å². The monoisotopic (exact) mass is 279 g/mol. The van der Waals surface area contributed by atoms with Crippen LogP contribution in [-0.4, -0.2) is 61.8 Å². The zero-order chi connectivity index (χ0) is 12.9. The average Bonchev–Trinajstić information content (AvgIpc) is 2.32. The van der Waals surface area contributed by atoms with Gasteiger partial charge in [-0.15, -0.1) is 0 Å². The first kappa shape index (κ1) is 16.1. The molecule has 0 aliphatic carbocycles. The lowest BCUT2D eigenvalue weighted by Crippen LogP contribution is -2.35. The highest BCUT2D eigenvalue weighted by molar-refractivity contribution is 8.76. The molecule has 2 N–H and O–H groups in total. The highest BCUT2D eigenvalue weighted by Crippen LogP contribution is 2.18. The maximum absolute atomic E-state index is 11.2. The Morgan fingerprint density at radius 1 is 1.24 bits per heavy atom. The molecule has 0 radical (unpaired) electrons. The Balaban J connectivity index is 3.24. The van der Waals surface area contributed by atoms with Crippen molar-refractivity contribution in [3.8, 4) is 0 Å². The van der Waals surface area contributed by atoms with Gasteiger partial charge in [-0.3, -0.25) is 14.4 Å². The van der Waals surface area contributed by atoms with Crippen LogP contribution >= 0.6 is 21.6 Å². The number of rotatable bonds is 11. The van der Waals surface area contributed by atoms with E-state index in [2.05, 4.69) is 10.6 Å². The van der Waals surface area contributed by atoms with E-state index in [-0.39, 0.29) is 12.5 Å². The second-order valence-corrected chi connectivity index (χ2v) is 5.79. The van der Waals surface area contributed by atoms with Crippen LogP contribution in [0.1, 0.15) is 0 Å². The van der Waals surface area contributed by atoms with Crippen molar-refractivity contribution in [2.45, 2.75) is 0 Å². The van der Waals surface area contributed by atoms with Crippen molar-refractivity contribution in [2.24, 2.45) is 0 Å². The minimum Gasteiger partial charge on any atom is -0.358 e. The maximum Gasteiger partial charge on any atom is 0.239 e. The predicted molar refractivity (Wildman–Crippen MR) is 70.7 cm³/mol. The lowest BCUT2D eigenvalue weighted by Gasteiger charge is -2.10. The molecule has 8 heteroatoms. The molecule has 0 bridgehead atoms. The number of carbonyl (C=O) groups is 3. The van der Waals surface area contributed by atoms with E-state index in [9.17, 15) is 14.4 Å². The molecule has 0 aliphatic rings. The molecule has 0 rings (SSSR count). The Kier molecular flexibility index (Phi) is 11.0. The molecule has 0 aromatic heterocycles. The van der Waals surface area contributed by atoms with Gasteiger partial charge in [0.2, 0.25) is 18.7 Å². The third-order valence-electron chi connectivity index (χ3n) is 1.58. The van der Waals surface area contributed by atoms with Crippen LogP contribution in [0.4, 0.5) is 0 Å². The summed E-state index contributed by atoms with van der Waals surface area (Å²) in [5.74, 6) is 1.47. The summed E-state index contributed by atoms with van der Waals surface area (Å²) in [5, 5.41) is 5.27. The van der Waals surface area contributed by atoms with E-state index in [1.54, 1.807) is 28.6 Å². The molecule has 0 unspecified atom stereocenters. The molecule has 0 heterocycles. The SMILES string of the molecule is CN(C=O)CC(=O)NCCSSCCNC=O. The Morgan fingerprint density at radius 2 is 1.88 bits per heavy atom. The van der Waals surface area contributed by atoms with Crippen LogP contribution in [0.2, 0.25) is 0 Å². The molecule has 98 valence electrons. The van der Waals surface area contributed by atoms with Crippen LogP contribution in [0.5, 0.6) is 0 Å². The third kappa shape index (κ3) is 11.4. The number of hydrogen-bond acceptors (Lipinski definition) is 5. The molecule has 0 aliphatic heterocycles. The summed E-state index contributed by atoms with van der Waals surface area (Å²) in [5.41, 5.74) is 0. The topological polar surface area (TPSA) is 78.5 Å². The highest BCUT2D eigenvalue weighted by atomic mass is 33.1. The van der Waals surface area contributed by atoms with Crippen LogP contribution in [0, 0.1) is 0 Å². The van der Waals surface area contributed by atoms with Gasteiger partial charge in [-0.1, -0.05) is 21.6 Å². The first-order valence-electron chi connectivity index (χ1n) is 5.04. The Bertz CT molecular complexity index is 242. The van der Waals surface area contributed by atoms with Crippen LogP contribution in [0.25, 0.3) is 0 Å². The van der Waals surface area contributed by atoms with Gasteiger partial charge in [-0.25, -0.2) is 0 Å². The average molecular weight is 279 g/mol. The summed E-state index contributed by atoms with van der Waals surface area (Å²) in [4.78, 5) is 32.7. The second-order valence-electron chi connectivity index (χ2n) is 3.09. The molecule has 0 spiro atoms. The standard InChI is InChI=1S/C9H17N3O3S2/c1-12(8-14)6-9(15)11-3-5-17-16-4-2-10-7-13/h7-8H,2-6H2,1H3,(H,10,13)(H,11,15). The predicted octanol–water partition coefficient (Wildman–Crippen LogP) is -0.682. The fraction of sp³-hybridized carbons (Fsp3) is 0.667. The molecular formula is C9H17N3O3S2. The Morgan fingerprint density at radius 3 is 2.47 bits per heavy atom.